The number of hydrogen-bond donors (Lipinski definition) is 0. The van der Waals surface area contributed by atoms with Crippen molar-refractivity contribution in [2.24, 2.45) is 0 Å². The summed E-state index contributed by atoms with van der Waals surface area (Å²) in [5.74, 6) is 0.818. The van der Waals surface area contributed by atoms with E-state index in [1.807, 2.05) is 25.2 Å². The molecule has 126 valence electrons. The lowest BCUT2D eigenvalue weighted by molar-refractivity contribution is -0.131. The zero-order valence-corrected chi connectivity index (χ0v) is 14.9. The van der Waals surface area contributed by atoms with E-state index in [1.54, 1.807) is 11.8 Å². The summed E-state index contributed by atoms with van der Waals surface area (Å²) < 4.78 is 0. The highest BCUT2D eigenvalue weighted by Crippen LogP contribution is 2.29. The number of likely N-dealkylation sites (N-methyl/N-ethyl adjacent to an activating group) is 1. The summed E-state index contributed by atoms with van der Waals surface area (Å²) in [5.41, 5.74) is 0. The fourth-order valence-electron chi connectivity index (χ4n) is 3.99. The largest absolute Gasteiger partial charge is 0.340 e. The number of carbonyl (C=O) groups is 1. The molecule has 1 amide bonds. The second-order valence-electron chi connectivity index (χ2n) is 6.77. The number of thioether (sulfide) groups is 1. The van der Waals surface area contributed by atoms with Crippen LogP contribution < -0.4 is 0 Å². The first-order valence-electron chi connectivity index (χ1n) is 8.93. The second kappa shape index (κ2) is 8.20. The van der Waals surface area contributed by atoms with Gasteiger partial charge in [0.1, 0.15) is 0 Å². The van der Waals surface area contributed by atoms with Gasteiger partial charge in [0.15, 0.2) is 0 Å². The fourth-order valence-corrected chi connectivity index (χ4v) is 4.83. The quantitative estimate of drug-likeness (QED) is 0.769. The zero-order valence-electron chi connectivity index (χ0n) is 14.1. The average molecular weight is 333 g/mol. The van der Waals surface area contributed by atoms with Crippen LogP contribution in [-0.4, -0.2) is 53.7 Å². The third kappa shape index (κ3) is 4.30. The maximum Gasteiger partial charge on any atom is 0.232 e. The Morgan fingerprint density at radius 2 is 1.83 bits per heavy atom. The predicted octanol–water partition coefficient (Wildman–Crippen LogP) is 3.64. The minimum atomic E-state index is 0.273. The molecule has 0 radical (unpaired) electrons. The van der Waals surface area contributed by atoms with Crippen molar-refractivity contribution in [3.05, 3.63) is 30.3 Å². The molecule has 2 fully saturated rings. The predicted molar refractivity (Wildman–Crippen MR) is 96.8 cm³/mol. The van der Waals surface area contributed by atoms with Crippen LogP contribution in [0.1, 0.15) is 38.5 Å². The lowest BCUT2D eigenvalue weighted by atomic mass is 9.88. The molecular weight excluding hydrogens is 304 g/mol. The van der Waals surface area contributed by atoms with Crippen molar-refractivity contribution in [3.63, 3.8) is 0 Å². The van der Waals surface area contributed by atoms with Gasteiger partial charge in [0, 0.05) is 24.0 Å². The highest BCUT2D eigenvalue weighted by atomic mass is 32.2. The first-order valence-corrected chi connectivity index (χ1v) is 9.92. The van der Waals surface area contributed by atoms with Crippen molar-refractivity contribution in [1.29, 1.82) is 0 Å². The number of carbonyl (C=O) groups excluding carboxylic acids is 1. The zero-order chi connectivity index (χ0) is 16.1. The highest BCUT2D eigenvalue weighted by molar-refractivity contribution is 8.00. The van der Waals surface area contributed by atoms with Gasteiger partial charge >= 0.3 is 0 Å². The molecule has 2 atom stereocenters. The molecule has 0 spiro atoms. The minimum absolute atomic E-state index is 0.273. The van der Waals surface area contributed by atoms with Crippen LogP contribution in [0.5, 0.6) is 0 Å². The maximum absolute atomic E-state index is 12.7. The molecule has 0 bridgehead atoms. The average Bonchev–Trinajstić information content (AvgIpc) is 3.14. The fraction of sp³-hybridized carbons (Fsp3) is 0.632. The van der Waals surface area contributed by atoms with Gasteiger partial charge in [-0.15, -0.1) is 11.8 Å². The Balaban J connectivity index is 1.58. The third-order valence-electron chi connectivity index (χ3n) is 5.30. The van der Waals surface area contributed by atoms with E-state index in [0.29, 0.717) is 17.8 Å². The Kier molecular flexibility index (Phi) is 6.01. The number of amides is 1. The van der Waals surface area contributed by atoms with Crippen molar-refractivity contribution in [2.75, 3.05) is 25.9 Å². The van der Waals surface area contributed by atoms with E-state index in [-0.39, 0.29) is 5.91 Å². The van der Waals surface area contributed by atoms with Gasteiger partial charge in [-0.25, -0.2) is 0 Å². The molecule has 2 unspecified atom stereocenters. The lowest BCUT2D eigenvalue weighted by Crippen LogP contribution is -2.53. The number of rotatable bonds is 5. The summed E-state index contributed by atoms with van der Waals surface area (Å²) in [5, 5.41) is 0. The SMILES string of the molecule is CN(C(=O)CSc1ccccc1)C1CCCCC1N1CCCC1. The molecule has 0 N–H and O–H groups in total. The summed E-state index contributed by atoms with van der Waals surface area (Å²) in [4.78, 5) is 18.5. The van der Waals surface area contributed by atoms with Gasteiger partial charge in [-0.2, -0.15) is 0 Å². The van der Waals surface area contributed by atoms with E-state index in [9.17, 15) is 4.79 Å². The summed E-state index contributed by atoms with van der Waals surface area (Å²) in [6.07, 6.45) is 7.65. The van der Waals surface area contributed by atoms with E-state index in [0.717, 1.165) is 0 Å². The van der Waals surface area contributed by atoms with Crippen molar-refractivity contribution in [1.82, 2.24) is 9.80 Å². The Hall–Kier alpha value is -1.00. The van der Waals surface area contributed by atoms with Crippen LogP contribution in [0.4, 0.5) is 0 Å². The van der Waals surface area contributed by atoms with Crippen LogP contribution in [0.3, 0.4) is 0 Å². The van der Waals surface area contributed by atoms with Gasteiger partial charge in [0.05, 0.1) is 5.75 Å². The van der Waals surface area contributed by atoms with Crippen molar-refractivity contribution in [3.8, 4) is 0 Å². The van der Waals surface area contributed by atoms with Crippen LogP contribution in [0.25, 0.3) is 0 Å². The summed E-state index contributed by atoms with van der Waals surface area (Å²) >= 11 is 1.65. The van der Waals surface area contributed by atoms with E-state index < -0.39 is 0 Å². The molecule has 23 heavy (non-hydrogen) atoms. The molecular formula is C19H28N2OS. The molecule has 4 heteroatoms. The van der Waals surface area contributed by atoms with Gasteiger partial charge < -0.3 is 4.90 Å². The van der Waals surface area contributed by atoms with Crippen LogP contribution >= 0.6 is 11.8 Å². The summed E-state index contributed by atoms with van der Waals surface area (Å²) in [6.45, 7) is 2.45. The van der Waals surface area contributed by atoms with E-state index in [1.165, 1.54) is 56.5 Å². The smallest absolute Gasteiger partial charge is 0.232 e. The first kappa shape index (κ1) is 16.8. The molecule has 1 aromatic rings. The van der Waals surface area contributed by atoms with Crippen molar-refractivity contribution in [2.45, 2.75) is 55.5 Å². The molecule has 3 nitrogen and oxygen atoms in total. The summed E-state index contributed by atoms with van der Waals surface area (Å²) in [6, 6.07) is 11.2. The van der Waals surface area contributed by atoms with Crippen LogP contribution in [0, 0.1) is 0 Å². The Bertz CT molecular complexity index is 501. The van der Waals surface area contributed by atoms with Gasteiger partial charge in [0.2, 0.25) is 5.91 Å². The Morgan fingerprint density at radius 3 is 2.57 bits per heavy atom. The van der Waals surface area contributed by atoms with Gasteiger partial charge in [-0.3, -0.25) is 9.69 Å². The van der Waals surface area contributed by atoms with Gasteiger partial charge in [-0.1, -0.05) is 31.0 Å². The molecule has 1 saturated carbocycles. The molecule has 2 aliphatic rings. The third-order valence-corrected chi connectivity index (χ3v) is 6.30. The topological polar surface area (TPSA) is 23.6 Å². The summed E-state index contributed by atoms with van der Waals surface area (Å²) in [7, 11) is 2.02. The first-order chi connectivity index (χ1) is 11.3. The molecule has 3 rings (SSSR count). The monoisotopic (exact) mass is 332 g/mol. The molecule has 1 saturated heterocycles. The van der Waals surface area contributed by atoms with Gasteiger partial charge in [0.25, 0.3) is 0 Å². The number of benzene rings is 1. The van der Waals surface area contributed by atoms with Crippen LogP contribution in [-0.2, 0) is 4.79 Å². The van der Waals surface area contributed by atoms with Gasteiger partial charge in [-0.05, 0) is 50.9 Å². The number of hydrogen-bond acceptors (Lipinski definition) is 3. The molecule has 0 aromatic heterocycles. The van der Waals surface area contributed by atoms with Crippen LogP contribution in [0.2, 0.25) is 0 Å². The second-order valence-corrected chi connectivity index (χ2v) is 7.82. The molecule has 1 aliphatic heterocycles. The standard InChI is InChI=1S/C19H28N2OS/c1-20(19(22)15-23-16-9-3-2-4-10-16)17-11-5-6-12-18(17)21-13-7-8-14-21/h2-4,9-10,17-18H,5-8,11-15H2,1H3. The highest BCUT2D eigenvalue weighted by Gasteiger charge is 2.35. The lowest BCUT2D eigenvalue weighted by Gasteiger charge is -2.42. The number of likely N-dealkylation sites (tertiary alicyclic amines) is 1. The van der Waals surface area contributed by atoms with Crippen LogP contribution in [0.15, 0.2) is 35.2 Å². The number of nitrogens with zero attached hydrogens (tertiary/aromatic N) is 2. The van der Waals surface area contributed by atoms with E-state index in [4.69, 9.17) is 0 Å². The van der Waals surface area contributed by atoms with E-state index >= 15 is 0 Å². The Labute approximate surface area is 144 Å². The maximum atomic E-state index is 12.7. The van der Waals surface area contributed by atoms with E-state index in [2.05, 4.69) is 21.9 Å². The molecule has 1 aromatic carbocycles. The minimum Gasteiger partial charge on any atom is -0.340 e. The Morgan fingerprint density at radius 1 is 1.13 bits per heavy atom. The normalized spacial score (nSPS) is 25.4. The molecule has 1 heterocycles. The van der Waals surface area contributed by atoms with Crippen molar-refractivity contribution < 1.29 is 4.79 Å². The van der Waals surface area contributed by atoms with Crippen molar-refractivity contribution >= 4 is 17.7 Å². The molecule has 1 aliphatic carbocycles.